The summed E-state index contributed by atoms with van der Waals surface area (Å²) in [6.45, 7) is 9.62. The first-order chi connectivity index (χ1) is 46.9. The Morgan fingerprint density at radius 3 is 0.732 bits per heavy atom. The Bertz CT molecular complexity index is 1880. The van der Waals surface area contributed by atoms with Gasteiger partial charge >= 0.3 is 39.5 Å². The van der Waals surface area contributed by atoms with Gasteiger partial charge in [0, 0.05) is 25.7 Å². The van der Waals surface area contributed by atoms with Gasteiger partial charge in [-0.2, -0.15) is 0 Å². The van der Waals surface area contributed by atoms with Crippen LogP contribution in [0.25, 0.3) is 0 Å². The fraction of sp³-hybridized carbons (Fsp3) is 0.949. The third-order valence-electron chi connectivity index (χ3n) is 18.9. The minimum Gasteiger partial charge on any atom is -0.462 e. The van der Waals surface area contributed by atoms with Gasteiger partial charge in [-0.3, -0.25) is 37.3 Å². The van der Waals surface area contributed by atoms with Gasteiger partial charge in [0.25, 0.3) is 0 Å². The highest BCUT2D eigenvalue weighted by Crippen LogP contribution is 2.45. The lowest BCUT2D eigenvalue weighted by atomic mass is 9.99. The van der Waals surface area contributed by atoms with Crippen molar-refractivity contribution in [3.63, 3.8) is 0 Å². The number of aliphatic hydroxyl groups excluding tert-OH is 1. The average molecular weight is 1420 g/mol. The summed E-state index contributed by atoms with van der Waals surface area (Å²) in [7, 11) is -9.91. The van der Waals surface area contributed by atoms with Crippen molar-refractivity contribution < 1.29 is 80.2 Å². The maximum Gasteiger partial charge on any atom is 0.472 e. The van der Waals surface area contributed by atoms with E-state index in [0.717, 1.165) is 108 Å². The molecule has 0 fully saturated rings. The van der Waals surface area contributed by atoms with Crippen molar-refractivity contribution in [2.45, 2.75) is 426 Å². The Labute approximate surface area is 594 Å². The highest BCUT2D eigenvalue weighted by atomic mass is 31.2. The van der Waals surface area contributed by atoms with Crippen LogP contribution in [0.2, 0.25) is 0 Å². The molecule has 0 aliphatic carbocycles. The number of esters is 4. The second-order valence-electron chi connectivity index (χ2n) is 28.6. The molecule has 0 heterocycles. The topological polar surface area (TPSA) is 237 Å². The maximum atomic E-state index is 13.1. The van der Waals surface area contributed by atoms with E-state index in [2.05, 4.69) is 41.5 Å². The number of aliphatic hydroxyl groups is 1. The molecule has 17 nitrogen and oxygen atoms in total. The molecule has 0 amide bonds. The third kappa shape index (κ3) is 69.5. The molecule has 0 spiro atoms. The molecule has 0 aliphatic heterocycles. The molecule has 576 valence electrons. The van der Waals surface area contributed by atoms with E-state index in [9.17, 15) is 43.2 Å². The molecule has 0 saturated heterocycles. The van der Waals surface area contributed by atoms with Crippen molar-refractivity contribution >= 4 is 39.5 Å². The number of hydrogen-bond acceptors (Lipinski definition) is 15. The zero-order valence-corrected chi connectivity index (χ0v) is 65.2. The molecule has 7 atom stereocenters. The SMILES string of the molecule is CCCCCCCCCCCCCCCCCCCCC(=O)OC[C@H](COP(=O)(O)OC[C@@H](O)COP(=O)(O)OC[C@@H](COC(=O)CCCCCCCCC(C)CC)OC(=O)CCCCCCCCCCCCC)OC(=O)CCCCCCCCCCCCCCCCC(C)CC. The summed E-state index contributed by atoms with van der Waals surface area (Å²) in [6.07, 6.45) is 58.2. The molecule has 0 radical (unpaired) electrons. The number of ether oxygens (including phenoxy) is 4. The van der Waals surface area contributed by atoms with Crippen LogP contribution in [0, 0.1) is 11.8 Å². The zero-order chi connectivity index (χ0) is 71.4. The second-order valence-corrected chi connectivity index (χ2v) is 31.5. The third-order valence-corrected chi connectivity index (χ3v) is 20.8. The standard InChI is InChI=1S/C78H152O17P2/c1-7-11-13-15-17-19-21-22-23-24-25-26-30-34-37-41-48-54-60-75(80)88-66-73(94-78(83)63-57-51-43-39-35-31-28-27-29-33-36-40-46-52-58-70(5)9-3)68-92-96(84,85)90-64-72(79)65-91-97(86,87)93-69-74(67-89-76(81)61-55-49-45-44-47-53-59-71(6)10-4)95-77(82)62-56-50-42-38-32-20-18-16-14-12-8-2/h70-74,79H,7-69H2,1-6H3,(H,84,85)(H,86,87)/t70?,71?,72-,73-,74-/m1/s1. The van der Waals surface area contributed by atoms with Crippen molar-refractivity contribution in [3.8, 4) is 0 Å². The molecule has 0 aromatic carbocycles. The lowest BCUT2D eigenvalue weighted by molar-refractivity contribution is -0.161. The van der Waals surface area contributed by atoms with Crippen LogP contribution in [0.5, 0.6) is 0 Å². The van der Waals surface area contributed by atoms with E-state index in [1.807, 2.05) is 0 Å². The Morgan fingerprint density at radius 2 is 0.495 bits per heavy atom. The predicted molar refractivity (Wildman–Crippen MR) is 395 cm³/mol. The van der Waals surface area contributed by atoms with Gasteiger partial charge in [-0.05, 0) is 37.5 Å². The average Bonchev–Trinajstić information content (AvgIpc) is 1.09. The van der Waals surface area contributed by atoms with Crippen molar-refractivity contribution in [1.29, 1.82) is 0 Å². The molecular formula is C78H152O17P2. The summed E-state index contributed by atoms with van der Waals surface area (Å²) in [5.41, 5.74) is 0. The van der Waals surface area contributed by atoms with Crippen LogP contribution >= 0.6 is 15.6 Å². The Kier molecular flexibility index (Phi) is 68.4. The summed E-state index contributed by atoms with van der Waals surface area (Å²) in [4.78, 5) is 72.9. The van der Waals surface area contributed by atoms with Gasteiger partial charge in [0.05, 0.1) is 26.4 Å². The van der Waals surface area contributed by atoms with Crippen LogP contribution in [0.15, 0.2) is 0 Å². The molecule has 0 rings (SSSR count). The number of hydrogen-bond donors (Lipinski definition) is 3. The number of carbonyl (C=O) groups is 4. The summed E-state index contributed by atoms with van der Waals surface area (Å²) >= 11 is 0. The molecule has 0 aromatic rings. The highest BCUT2D eigenvalue weighted by molar-refractivity contribution is 7.47. The predicted octanol–water partition coefficient (Wildman–Crippen LogP) is 23.1. The minimum absolute atomic E-state index is 0.106. The Hall–Kier alpha value is -1.94. The number of phosphoric ester groups is 2. The van der Waals surface area contributed by atoms with Crippen LogP contribution in [0.1, 0.15) is 408 Å². The number of rotatable bonds is 77. The summed E-state index contributed by atoms with van der Waals surface area (Å²) in [5.74, 6) is -0.536. The van der Waals surface area contributed by atoms with E-state index >= 15 is 0 Å². The van der Waals surface area contributed by atoms with Crippen LogP contribution < -0.4 is 0 Å². The fourth-order valence-corrected chi connectivity index (χ4v) is 13.5. The van der Waals surface area contributed by atoms with Crippen molar-refractivity contribution in [3.05, 3.63) is 0 Å². The van der Waals surface area contributed by atoms with E-state index in [0.29, 0.717) is 25.7 Å². The molecule has 0 aliphatic rings. The second kappa shape index (κ2) is 69.8. The molecular weight excluding hydrogens is 1270 g/mol. The van der Waals surface area contributed by atoms with Gasteiger partial charge in [-0.15, -0.1) is 0 Å². The van der Waals surface area contributed by atoms with Crippen molar-refractivity contribution in [2.24, 2.45) is 11.8 Å². The van der Waals surface area contributed by atoms with Gasteiger partial charge in [0.2, 0.25) is 0 Å². The number of phosphoric acid groups is 2. The van der Waals surface area contributed by atoms with E-state index in [1.54, 1.807) is 0 Å². The number of carbonyl (C=O) groups excluding carboxylic acids is 4. The lowest BCUT2D eigenvalue weighted by Crippen LogP contribution is -2.30. The largest absolute Gasteiger partial charge is 0.472 e. The lowest BCUT2D eigenvalue weighted by Gasteiger charge is -2.21. The van der Waals surface area contributed by atoms with Crippen LogP contribution in [0.3, 0.4) is 0 Å². The van der Waals surface area contributed by atoms with Crippen molar-refractivity contribution in [2.75, 3.05) is 39.6 Å². The van der Waals surface area contributed by atoms with Gasteiger partial charge in [-0.25, -0.2) is 9.13 Å². The molecule has 3 N–H and O–H groups in total. The monoisotopic (exact) mass is 1420 g/mol. The van der Waals surface area contributed by atoms with Gasteiger partial charge in [-0.1, -0.05) is 356 Å². The van der Waals surface area contributed by atoms with Crippen LogP contribution in [-0.4, -0.2) is 96.7 Å². The molecule has 0 saturated carbocycles. The highest BCUT2D eigenvalue weighted by Gasteiger charge is 2.30. The first-order valence-electron chi connectivity index (χ1n) is 40.6. The zero-order valence-electron chi connectivity index (χ0n) is 63.4. The van der Waals surface area contributed by atoms with Gasteiger partial charge < -0.3 is 33.8 Å². The quantitative estimate of drug-likeness (QED) is 0.0222. The first-order valence-corrected chi connectivity index (χ1v) is 43.6. The fourth-order valence-electron chi connectivity index (χ4n) is 11.9. The first kappa shape index (κ1) is 95.1. The van der Waals surface area contributed by atoms with E-state index in [4.69, 9.17) is 37.0 Å². The van der Waals surface area contributed by atoms with Gasteiger partial charge in [0.15, 0.2) is 12.2 Å². The molecule has 0 bridgehead atoms. The smallest absolute Gasteiger partial charge is 0.462 e. The van der Waals surface area contributed by atoms with Crippen LogP contribution in [0.4, 0.5) is 0 Å². The minimum atomic E-state index is -4.96. The summed E-state index contributed by atoms with van der Waals surface area (Å²) < 4.78 is 68.6. The molecule has 0 aromatic heterocycles. The van der Waals surface area contributed by atoms with Crippen LogP contribution in [-0.2, 0) is 65.4 Å². The summed E-state index contributed by atoms with van der Waals surface area (Å²) in [6, 6.07) is 0. The molecule has 19 heteroatoms. The summed E-state index contributed by atoms with van der Waals surface area (Å²) in [5, 5.41) is 10.6. The maximum absolute atomic E-state index is 13.1. The molecule has 4 unspecified atom stereocenters. The normalized spacial score (nSPS) is 14.5. The van der Waals surface area contributed by atoms with E-state index in [-0.39, 0.29) is 25.7 Å². The molecule has 97 heavy (non-hydrogen) atoms. The Balaban J connectivity index is 5.23. The van der Waals surface area contributed by atoms with E-state index in [1.165, 1.54) is 218 Å². The Morgan fingerprint density at radius 1 is 0.289 bits per heavy atom. The van der Waals surface area contributed by atoms with Gasteiger partial charge in [0.1, 0.15) is 19.3 Å². The van der Waals surface area contributed by atoms with Crippen molar-refractivity contribution in [1.82, 2.24) is 0 Å². The van der Waals surface area contributed by atoms with E-state index < -0.39 is 97.5 Å². The number of unbranched alkanes of at least 4 members (excludes halogenated alkanes) is 45.